The van der Waals surface area contributed by atoms with Gasteiger partial charge in [0.15, 0.2) is 0 Å². The highest BCUT2D eigenvalue weighted by Crippen LogP contribution is 2.34. The average molecular weight is 391 g/mol. The molecule has 0 aromatic carbocycles. The monoisotopic (exact) mass is 391 g/mol. The van der Waals surface area contributed by atoms with E-state index in [1.54, 1.807) is 18.7 Å². The van der Waals surface area contributed by atoms with Gasteiger partial charge in [0, 0.05) is 29.4 Å². The lowest BCUT2D eigenvalue weighted by Gasteiger charge is -2.02. The molecule has 5 aromatic heterocycles. The Morgan fingerprint density at radius 3 is 2.90 bits per heavy atom. The second-order valence-corrected chi connectivity index (χ2v) is 7.18. The topological polar surface area (TPSA) is 83.4 Å². The van der Waals surface area contributed by atoms with Gasteiger partial charge in [-0.2, -0.15) is 5.10 Å². The van der Waals surface area contributed by atoms with E-state index in [0.717, 1.165) is 62.6 Å². The molecule has 0 bridgehead atoms. The Bertz CT molecular complexity index is 1400. The van der Waals surface area contributed by atoms with Gasteiger partial charge >= 0.3 is 0 Å². The molecule has 6 nitrogen and oxygen atoms in total. The fourth-order valence-electron chi connectivity index (χ4n) is 3.88. The Balaban J connectivity index is 1.48. The summed E-state index contributed by atoms with van der Waals surface area (Å²) >= 11 is 0. The van der Waals surface area contributed by atoms with Crippen LogP contribution in [0.4, 0.5) is 0 Å². The van der Waals surface area contributed by atoms with E-state index in [2.05, 4.69) is 44.5 Å². The average Bonchev–Trinajstić information content (AvgIpc) is 3.52. The van der Waals surface area contributed by atoms with E-state index in [-0.39, 0.29) is 0 Å². The number of aromatic amines is 2. The highest BCUT2D eigenvalue weighted by Gasteiger charge is 2.19. The molecule has 0 spiro atoms. The summed E-state index contributed by atoms with van der Waals surface area (Å²) in [6, 6.07) is 13.9. The van der Waals surface area contributed by atoms with Gasteiger partial charge in [-0.3, -0.25) is 10.1 Å². The van der Waals surface area contributed by atoms with Gasteiger partial charge < -0.3 is 9.40 Å². The molecule has 1 aliphatic carbocycles. The molecule has 0 radical (unpaired) electrons. The predicted molar refractivity (Wildman–Crippen MR) is 116 cm³/mol. The molecule has 0 saturated heterocycles. The molecule has 5 aromatic rings. The summed E-state index contributed by atoms with van der Waals surface area (Å²) in [7, 11) is 0. The first kappa shape index (κ1) is 16.7. The van der Waals surface area contributed by atoms with Gasteiger partial charge in [0.2, 0.25) is 0 Å². The standard InChI is InChI=1S/C24H17N5O/c1-2-6-18-17(16(5-1)15-10-12-30-14-15)13-22(26-18)24-23-21(28-29-24)9-8-20(27-23)19-7-3-4-11-25-19/h1-5,7-14,26H,6H2,(H,28,29). The number of nitrogens with one attached hydrogen (secondary N) is 2. The van der Waals surface area contributed by atoms with Gasteiger partial charge in [-0.25, -0.2) is 4.98 Å². The zero-order chi connectivity index (χ0) is 19.9. The first-order valence-corrected chi connectivity index (χ1v) is 9.75. The van der Waals surface area contributed by atoms with Gasteiger partial charge in [-0.1, -0.05) is 24.3 Å². The highest BCUT2D eigenvalue weighted by molar-refractivity contribution is 5.92. The Labute approximate surface area is 172 Å². The molecule has 5 heterocycles. The number of allylic oxidation sites excluding steroid dienone is 3. The fraction of sp³-hybridized carbons (Fsp3) is 0.0417. The SMILES string of the molecule is C1=CCc2[nH]c(-c3n[nH]c4ccc(-c5ccccn5)nc34)cc2C(c2ccoc2)=C1. The largest absolute Gasteiger partial charge is 0.472 e. The van der Waals surface area contributed by atoms with Crippen molar-refractivity contribution in [2.75, 3.05) is 0 Å². The summed E-state index contributed by atoms with van der Waals surface area (Å²) in [4.78, 5) is 12.8. The number of H-pyrrole nitrogens is 2. The first-order valence-electron chi connectivity index (χ1n) is 9.75. The van der Waals surface area contributed by atoms with Gasteiger partial charge in [0.25, 0.3) is 0 Å². The third kappa shape index (κ3) is 2.69. The quantitative estimate of drug-likeness (QED) is 0.445. The van der Waals surface area contributed by atoms with Crippen LogP contribution < -0.4 is 0 Å². The van der Waals surface area contributed by atoms with E-state index in [4.69, 9.17) is 9.40 Å². The van der Waals surface area contributed by atoms with Crippen LogP contribution in [-0.2, 0) is 6.42 Å². The van der Waals surface area contributed by atoms with Gasteiger partial charge in [-0.05, 0) is 42.0 Å². The van der Waals surface area contributed by atoms with Crippen molar-refractivity contribution in [1.82, 2.24) is 25.1 Å². The van der Waals surface area contributed by atoms with E-state index in [9.17, 15) is 0 Å². The van der Waals surface area contributed by atoms with Gasteiger partial charge in [0.05, 0.1) is 35.1 Å². The zero-order valence-corrected chi connectivity index (χ0v) is 16.0. The van der Waals surface area contributed by atoms with Crippen LogP contribution in [-0.4, -0.2) is 25.1 Å². The number of hydrogen-bond acceptors (Lipinski definition) is 4. The number of hydrogen-bond donors (Lipinski definition) is 2. The van der Waals surface area contributed by atoms with Crippen molar-refractivity contribution < 1.29 is 4.42 Å². The second kappa shape index (κ2) is 6.70. The van der Waals surface area contributed by atoms with E-state index < -0.39 is 0 Å². The zero-order valence-electron chi connectivity index (χ0n) is 16.0. The van der Waals surface area contributed by atoms with Crippen molar-refractivity contribution in [2.45, 2.75) is 6.42 Å². The van der Waals surface area contributed by atoms with Crippen LogP contribution in [0.2, 0.25) is 0 Å². The van der Waals surface area contributed by atoms with Crippen LogP contribution in [0.15, 0.2) is 83.8 Å². The molecule has 30 heavy (non-hydrogen) atoms. The number of rotatable bonds is 3. The maximum Gasteiger partial charge on any atom is 0.135 e. The molecule has 0 atom stereocenters. The number of fused-ring (bicyclic) bond motifs is 2. The Hall–Kier alpha value is -4.19. The van der Waals surface area contributed by atoms with E-state index >= 15 is 0 Å². The van der Waals surface area contributed by atoms with Crippen molar-refractivity contribution in [2.24, 2.45) is 0 Å². The highest BCUT2D eigenvalue weighted by atomic mass is 16.3. The minimum absolute atomic E-state index is 0.798. The van der Waals surface area contributed by atoms with Crippen LogP contribution in [0.25, 0.3) is 39.4 Å². The lowest BCUT2D eigenvalue weighted by Crippen LogP contribution is -1.89. The summed E-state index contributed by atoms with van der Waals surface area (Å²) in [5, 5.41) is 7.66. The Morgan fingerprint density at radius 1 is 1.03 bits per heavy atom. The summed E-state index contributed by atoms with van der Waals surface area (Å²) in [5.74, 6) is 0. The van der Waals surface area contributed by atoms with Crippen molar-refractivity contribution in [3.05, 3.63) is 96.2 Å². The summed E-state index contributed by atoms with van der Waals surface area (Å²) in [6.07, 6.45) is 12.4. The number of pyridine rings is 2. The van der Waals surface area contributed by atoms with Crippen LogP contribution in [0.5, 0.6) is 0 Å². The van der Waals surface area contributed by atoms with Crippen molar-refractivity contribution in [3.8, 4) is 22.8 Å². The summed E-state index contributed by atoms with van der Waals surface area (Å²) in [5.41, 5.74) is 9.56. The maximum absolute atomic E-state index is 5.31. The Kier molecular flexibility index (Phi) is 3.74. The lowest BCUT2D eigenvalue weighted by molar-refractivity contribution is 0.566. The van der Waals surface area contributed by atoms with Crippen LogP contribution in [0, 0.1) is 0 Å². The third-order valence-corrected chi connectivity index (χ3v) is 5.33. The second-order valence-electron chi connectivity index (χ2n) is 7.18. The molecule has 144 valence electrons. The molecular weight excluding hydrogens is 374 g/mol. The number of nitrogens with zero attached hydrogens (tertiary/aromatic N) is 3. The smallest absolute Gasteiger partial charge is 0.135 e. The van der Waals surface area contributed by atoms with E-state index in [1.165, 1.54) is 0 Å². The lowest BCUT2D eigenvalue weighted by atomic mass is 10.00. The molecule has 0 fully saturated rings. The fourth-order valence-corrected chi connectivity index (χ4v) is 3.88. The van der Waals surface area contributed by atoms with Crippen molar-refractivity contribution in [1.29, 1.82) is 0 Å². The van der Waals surface area contributed by atoms with Gasteiger partial charge in [-0.15, -0.1) is 0 Å². The molecule has 6 rings (SSSR count). The Morgan fingerprint density at radius 2 is 2.03 bits per heavy atom. The summed E-state index contributed by atoms with van der Waals surface area (Å²) in [6.45, 7) is 0. The summed E-state index contributed by atoms with van der Waals surface area (Å²) < 4.78 is 5.31. The van der Waals surface area contributed by atoms with Crippen LogP contribution in [0.3, 0.4) is 0 Å². The van der Waals surface area contributed by atoms with E-state index in [0.29, 0.717) is 0 Å². The van der Waals surface area contributed by atoms with E-state index in [1.807, 2.05) is 36.4 Å². The third-order valence-electron chi connectivity index (χ3n) is 5.33. The van der Waals surface area contributed by atoms with Crippen molar-refractivity contribution in [3.63, 3.8) is 0 Å². The molecule has 1 aliphatic rings. The molecule has 0 saturated carbocycles. The predicted octanol–water partition coefficient (Wildman–Crippen LogP) is 5.15. The molecule has 6 heteroatoms. The van der Waals surface area contributed by atoms with Gasteiger partial charge in [0.1, 0.15) is 11.2 Å². The minimum Gasteiger partial charge on any atom is -0.472 e. The molecule has 0 aliphatic heterocycles. The molecule has 2 N–H and O–H groups in total. The number of aromatic nitrogens is 5. The number of furan rings is 1. The first-order chi connectivity index (χ1) is 14.9. The maximum atomic E-state index is 5.31. The molecule has 0 unspecified atom stereocenters. The molecular formula is C24H17N5O. The normalized spacial score (nSPS) is 13.3. The minimum atomic E-state index is 0.798. The molecule has 0 amide bonds. The van der Waals surface area contributed by atoms with Crippen LogP contribution >= 0.6 is 0 Å². The van der Waals surface area contributed by atoms with Crippen molar-refractivity contribution >= 4 is 16.6 Å². The van der Waals surface area contributed by atoms with Crippen LogP contribution in [0.1, 0.15) is 16.8 Å².